The van der Waals surface area contributed by atoms with Crippen LogP contribution >= 0.6 is 0 Å². The van der Waals surface area contributed by atoms with E-state index in [1.807, 2.05) is 0 Å². The van der Waals surface area contributed by atoms with Crippen molar-refractivity contribution in [3.63, 3.8) is 0 Å². The molecular formula is C30H38F3N3O2. The van der Waals surface area contributed by atoms with Crippen LogP contribution in [0.1, 0.15) is 73.7 Å². The lowest BCUT2D eigenvalue weighted by atomic mass is 9.71. The number of anilines is 2. The fourth-order valence-corrected chi connectivity index (χ4v) is 6.66. The van der Waals surface area contributed by atoms with Gasteiger partial charge in [-0.1, -0.05) is 51.0 Å². The van der Waals surface area contributed by atoms with Gasteiger partial charge in [0.1, 0.15) is 11.4 Å². The van der Waals surface area contributed by atoms with E-state index in [0.29, 0.717) is 24.1 Å². The summed E-state index contributed by atoms with van der Waals surface area (Å²) in [7, 11) is 0. The van der Waals surface area contributed by atoms with Crippen LogP contribution in [0.15, 0.2) is 30.3 Å². The van der Waals surface area contributed by atoms with Crippen molar-refractivity contribution in [2.75, 3.05) is 25.0 Å². The third-order valence-corrected chi connectivity index (χ3v) is 8.74. The second kappa shape index (κ2) is 11.3. The van der Waals surface area contributed by atoms with E-state index in [4.69, 9.17) is 0 Å². The summed E-state index contributed by atoms with van der Waals surface area (Å²) < 4.78 is 43.3. The summed E-state index contributed by atoms with van der Waals surface area (Å²) in [6.07, 6.45) is 11.4. The molecule has 1 amide bonds. The highest BCUT2D eigenvalue weighted by atomic mass is 19.2. The van der Waals surface area contributed by atoms with Crippen molar-refractivity contribution >= 4 is 17.3 Å². The number of rotatable bonds is 7. The monoisotopic (exact) mass is 529 g/mol. The number of aliphatic hydroxyl groups is 1. The van der Waals surface area contributed by atoms with Crippen LogP contribution in [0.3, 0.4) is 0 Å². The predicted molar refractivity (Wildman–Crippen MR) is 142 cm³/mol. The van der Waals surface area contributed by atoms with Gasteiger partial charge in [0, 0.05) is 12.6 Å². The Morgan fingerprint density at radius 2 is 1.68 bits per heavy atom. The maximum atomic E-state index is 14.8. The second-order valence-electron chi connectivity index (χ2n) is 11.6. The molecule has 1 aliphatic heterocycles. The first kappa shape index (κ1) is 27.0. The quantitative estimate of drug-likeness (QED) is 0.407. The van der Waals surface area contributed by atoms with Crippen molar-refractivity contribution in [3.05, 3.63) is 58.9 Å². The van der Waals surface area contributed by atoms with Crippen LogP contribution in [-0.2, 0) is 0 Å². The van der Waals surface area contributed by atoms with Gasteiger partial charge in [-0.2, -0.15) is 0 Å². The number of nitrogens with zero attached hydrogens (tertiary/aromatic N) is 1. The first-order valence-electron chi connectivity index (χ1n) is 14.0. The molecule has 2 unspecified atom stereocenters. The van der Waals surface area contributed by atoms with Gasteiger partial charge in [-0.15, -0.1) is 0 Å². The number of nitrogens with one attached hydrogen (secondary N) is 2. The summed E-state index contributed by atoms with van der Waals surface area (Å²) in [4.78, 5) is 14.7. The molecule has 2 aliphatic carbocycles. The molecule has 206 valence electrons. The van der Waals surface area contributed by atoms with E-state index in [0.717, 1.165) is 18.4 Å². The number of hydrogen-bond acceptors (Lipinski definition) is 4. The molecule has 0 aromatic heterocycles. The first-order valence-corrected chi connectivity index (χ1v) is 14.0. The second-order valence-corrected chi connectivity index (χ2v) is 11.6. The number of halogens is 3. The van der Waals surface area contributed by atoms with Crippen molar-refractivity contribution in [3.8, 4) is 0 Å². The number of hydrogen-bond donors (Lipinski definition) is 3. The topological polar surface area (TPSA) is 64.6 Å². The van der Waals surface area contributed by atoms with Gasteiger partial charge in [0.25, 0.3) is 5.91 Å². The van der Waals surface area contributed by atoms with Crippen molar-refractivity contribution in [2.45, 2.75) is 76.4 Å². The van der Waals surface area contributed by atoms with Gasteiger partial charge in [0.15, 0.2) is 11.6 Å². The van der Waals surface area contributed by atoms with Crippen molar-refractivity contribution in [1.82, 2.24) is 10.2 Å². The molecule has 3 N–H and O–H groups in total. The van der Waals surface area contributed by atoms with E-state index >= 15 is 0 Å². The Morgan fingerprint density at radius 3 is 2.42 bits per heavy atom. The van der Waals surface area contributed by atoms with E-state index in [-0.39, 0.29) is 24.3 Å². The Kier molecular flexibility index (Phi) is 8.00. The summed E-state index contributed by atoms with van der Waals surface area (Å²) in [6.45, 7) is 2.30. The molecule has 2 saturated carbocycles. The standard InChI is InChI=1S/C30H38F3N3O2/c1-19-11-14-26(24(32)15-19)35-28-22(12-13-23(31)27(28)33)29(37)36-17-30(38,18-36)16-34-25-10-6-5-9-21(25)20-7-3-2-4-8-20/h11-15,20-21,25,34-35,38H,2-10,16-18H2,1H3. The van der Waals surface area contributed by atoms with Gasteiger partial charge in [-0.3, -0.25) is 4.79 Å². The minimum Gasteiger partial charge on any atom is -0.385 e. The molecule has 2 aromatic rings. The Labute approximate surface area is 222 Å². The molecule has 8 heteroatoms. The van der Waals surface area contributed by atoms with E-state index in [1.165, 1.54) is 74.5 Å². The number of likely N-dealkylation sites (tertiary alicyclic amines) is 1. The minimum absolute atomic E-state index is 0.0570. The third kappa shape index (κ3) is 5.71. The van der Waals surface area contributed by atoms with Gasteiger partial charge in [0.2, 0.25) is 0 Å². The molecule has 3 fully saturated rings. The van der Waals surface area contributed by atoms with E-state index in [2.05, 4.69) is 10.6 Å². The zero-order chi connectivity index (χ0) is 26.9. The molecule has 2 atom stereocenters. The smallest absolute Gasteiger partial charge is 0.256 e. The van der Waals surface area contributed by atoms with Crippen molar-refractivity contribution < 1.29 is 23.1 Å². The van der Waals surface area contributed by atoms with E-state index in [9.17, 15) is 23.1 Å². The van der Waals surface area contributed by atoms with Crippen LogP contribution < -0.4 is 10.6 Å². The molecule has 38 heavy (non-hydrogen) atoms. The molecule has 5 rings (SSSR count). The summed E-state index contributed by atoms with van der Waals surface area (Å²) >= 11 is 0. The highest BCUT2D eigenvalue weighted by Crippen LogP contribution is 2.39. The normalized spacial score (nSPS) is 23.7. The van der Waals surface area contributed by atoms with Gasteiger partial charge in [-0.05, 0) is 61.4 Å². The minimum atomic E-state index is -1.25. The molecule has 5 nitrogen and oxygen atoms in total. The van der Waals surface area contributed by atoms with Crippen LogP contribution in [0.5, 0.6) is 0 Å². The van der Waals surface area contributed by atoms with Crippen LogP contribution in [0.4, 0.5) is 24.5 Å². The number of carbonyl (C=O) groups excluding carboxylic acids is 1. The molecule has 1 saturated heterocycles. The maximum Gasteiger partial charge on any atom is 0.256 e. The number of carbonyl (C=O) groups is 1. The van der Waals surface area contributed by atoms with E-state index in [1.54, 1.807) is 13.0 Å². The molecular weight excluding hydrogens is 491 g/mol. The van der Waals surface area contributed by atoms with Gasteiger partial charge in [0.05, 0.1) is 30.0 Å². The van der Waals surface area contributed by atoms with Crippen molar-refractivity contribution in [2.24, 2.45) is 11.8 Å². The fraction of sp³-hybridized carbons (Fsp3) is 0.567. The van der Waals surface area contributed by atoms with Crippen LogP contribution in [-0.4, -0.2) is 47.2 Å². The first-order chi connectivity index (χ1) is 18.2. The molecule has 0 bridgehead atoms. The summed E-state index contributed by atoms with van der Waals surface area (Å²) in [5.74, 6) is -2.16. The van der Waals surface area contributed by atoms with Gasteiger partial charge >= 0.3 is 0 Å². The lowest BCUT2D eigenvalue weighted by Gasteiger charge is -2.48. The summed E-state index contributed by atoms with van der Waals surface area (Å²) in [5, 5.41) is 17.3. The zero-order valence-electron chi connectivity index (χ0n) is 22.0. The average molecular weight is 530 g/mol. The fourth-order valence-electron chi connectivity index (χ4n) is 6.66. The lowest BCUT2D eigenvalue weighted by molar-refractivity contribution is -0.0817. The van der Waals surface area contributed by atoms with Gasteiger partial charge < -0.3 is 20.6 Å². The molecule has 0 spiro atoms. The zero-order valence-corrected chi connectivity index (χ0v) is 22.0. The number of aryl methyl sites for hydroxylation is 1. The highest BCUT2D eigenvalue weighted by Gasteiger charge is 2.45. The largest absolute Gasteiger partial charge is 0.385 e. The molecule has 0 radical (unpaired) electrons. The van der Waals surface area contributed by atoms with Gasteiger partial charge in [-0.25, -0.2) is 13.2 Å². The Morgan fingerprint density at radius 1 is 0.974 bits per heavy atom. The Hall–Kier alpha value is -2.58. The average Bonchev–Trinajstić information content (AvgIpc) is 2.90. The number of amides is 1. The third-order valence-electron chi connectivity index (χ3n) is 8.74. The molecule has 1 heterocycles. The SMILES string of the molecule is Cc1ccc(Nc2c(C(=O)N3CC(O)(CNC4CCCCC4C4CCCCC4)C3)ccc(F)c2F)c(F)c1. The van der Waals surface area contributed by atoms with E-state index < -0.39 is 34.6 Å². The van der Waals surface area contributed by atoms with Crippen molar-refractivity contribution in [1.29, 1.82) is 0 Å². The molecule has 2 aromatic carbocycles. The summed E-state index contributed by atoms with van der Waals surface area (Å²) in [6, 6.07) is 6.80. The number of benzene rings is 2. The predicted octanol–water partition coefficient (Wildman–Crippen LogP) is 6.07. The maximum absolute atomic E-state index is 14.8. The molecule has 3 aliphatic rings. The van der Waals surface area contributed by atoms with Crippen LogP contribution in [0, 0.1) is 36.2 Å². The van der Waals surface area contributed by atoms with Crippen LogP contribution in [0.25, 0.3) is 0 Å². The Bertz CT molecular complexity index is 1160. The number of β-amino-alcohol motifs (C(OH)–C–C–N with tert-alkyl or cyclic N) is 1. The Balaban J connectivity index is 1.23. The lowest BCUT2D eigenvalue weighted by Crippen LogP contribution is -2.68. The summed E-state index contributed by atoms with van der Waals surface area (Å²) in [5.41, 5.74) is -0.971. The highest BCUT2D eigenvalue weighted by molar-refractivity contribution is 6.01. The van der Waals surface area contributed by atoms with Crippen LogP contribution in [0.2, 0.25) is 0 Å².